The molecule has 0 spiro atoms. The summed E-state index contributed by atoms with van der Waals surface area (Å²) < 4.78 is 10.2. The number of hydrogen-bond donors (Lipinski definition) is 1. The van der Waals surface area contributed by atoms with E-state index in [1.807, 2.05) is 12.1 Å². The summed E-state index contributed by atoms with van der Waals surface area (Å²) in [6.45, 7) is 0.508. The number of nitrogens with one attached hydrogen (secondary N) is 1. The van der Waals surface area contributed by atoms with Crippen LogP contribution in [0.2, 0.25) is 0 Å². The maximum absolute atomic E-state index is 5.09. The molecular weight excluding hydrogens is 220 g/mol. The zero-order valence-corrected chi connectivity index (χ0v) is 9.75. The molecule has 90 valence electrons. The third kappa shape index (κ3) is 2.66. The number of hydrogen-bond acceptors (Lipinski definition) is 6. The summed E-state index contributed by atoms with van der Waals surface area (Å²) in [5.41, 5.74) is 0.663. The predicted octanol–water partition coefficient (Wildman–Crippen LogP) is 1.06. The smallest absolute Gasteiger partial charge is 0.173 e. The molecule has 2 aromatic rings. The lowest BCUT2D eigenvalue weighted by molar-refractivity contribution is -0.0914. The Morgan fingerprint density at radius 1 is 1.24 bits per heavy atom. The van der Waals surface area contributed by atoms with Crippen molar-refractivity contribution >= 4 is 16.9 Å². The molecule has 2 rings (SSSR count). The SMILES string of the molecule is COC(CNc1ncnc2ncccc12)OC. The number of fused-ring (bicyclic) bond motifs is 1. The van der Waals surface area contributed by atoms with Gasteiger partial charge in [0.15, 0.2) is 11.9 Å². The van der Waals surface area contributed by atoms with Crippen molar-refractivity contribution in [3.8, 4) is 0 Å². The number of pyridine rings is 1. The summed E-state index contributed by atoms with van der Waals surface area (Å²) >= 11 is 0. The van der Waals surface area contributed by atoms with Crippen LogP contribution in [0.1, 0.15) is 0 Å². The van der Waals surface area contributed by atoms with Gasteiger partial charge < -0.3 is 14.8 Å². The molecule has 0 aromatic carbocycles. The van der Waals surface area contributed by atoms with Gasteiger partial charge in [0.25, 0.3) is 0 Å². The van der Waals surface area contributed by atoms with E-state index in [4.69, 9.17) is 9.47 Å². The first kappa shape index (κ1) is 11.7. The summed E-state index contributed by atoms with van der Waals surface area (Å²) in [5, 5.41) is 4.02. The molecular formula is C11H14N4O2. The molecule has 0 fully saturated rings. The van der Waals surface area contributed by atoms with Crippen molar-refractivity contribution in [2.45, 2.75) is 6.29 Å². The van der Waals surface area contributed by atoms with Crippen molar-refractivity contribution in [2.24, 2.45) is 0 Å². The van der Waals surface area contributed by atoms with Crippen LogP contribution in [0.25, 0.3) is 11.0 Å². The van der Waals surface area contributed by atoms with E-state index in [1.165, 1.54) is 6.33 Å². The van der Waals surface area contributed by atoms with E-state index in [0.717, 1.165) is 11.2 Å². The van der Waals surface area contributed by atoms with E-state index < -0.39 is 0 Å². The van der Waals surface area contributed by atoms with Crippen LogP contribution in [0.5, 0.6) is 0 Å². The van der Waals surface area contributed by atoms with E-state index >= 15 is 0 Å². The lowest BCUT2D eigenvalue weighted by Crippen LogP contribution is -2.24. The number of methoxy groups -OCH3 is 2. The zero-order valence-electron chi connectivity index (χ0n) is 9.75. The minimum absolute atomic E-state index is 0.309. The summed E-state index contributed by atoms with van der Waals surface area (Å²) in [6, 6.07) is 3.76. The normalized spacial score (nSPS) is 11.0. The first-order valence-corrected chi connectivity index (χ1v) is 5.20. The molecule has 0 amide bonds. The predicted molar refractivity (Wildman–Crippen MR) is 63.6 cm³/mol. The number of rotatable bonds is 5. The highest BCUT2D eigenvalue weighted by Crippen LogP contribution is 2.16. The van der Waals surface area contributed by atoms with Gasteiger partial charge in [-0.25, -0.2) is 15.0 Å². The Labute approximate surface area is 99.0 Å². The van der Waals surface area contributed by atoms with Gasteiger partial charge >= 0.3 is 0 Å². The Balaban J connectivity index is 2.18. The number of anilines is 1. The molecule has 1 N–H and O–H groups in total. The van der Waals surface area contributed by atoms with Crippen LogP contribution in [0, 0.1) is 0 Å². The average Bonchev–Trinajstić information content (AvgIpc) is 2.40. The van der Waals surface area contributed by atoms with Gasteiger partial charge in [0.1, 0.15) is 12.1 Å². The third-order valence-corrected chi connectivity index (χ3v) is 2.37. The van der Waals surface area contributed by atoms with Crippen molar-refractivity contribution in [1.29, 1.82) is 0 Å². The summed E-state index contributed by atoms with van der Waals surface area (Å²) in [7, 11) is 3.19. The fraction of sp³-hybridized carbons (Fsp3) is 0.364. The fourth-order valence-corrected chi connectivity index (χ4v) is 1.48. The Kier molecular flexibility index (Phi) is 3.79. The van der Waals surface area contributed by atoms with Crippen LogP contribution >= 0.6 is 0 Å². The van der Waals surface area contributed by atoms with Crippen molar-refractivity contribution in [2.75, 3.05) is 26.1 Å². The van der Waals surface area contributed by atoms with Gasteiger partial charge in [0.05, 0.1) is 11.9 Å². The van der Waals surface area contributed by atoms with Crippen molar-refractivity contribution in [3.63, 3.8) is 0 Å². The van der Waals surface area contributed by atoms with Gasteiger partial charge in [-0.15, -0.1) is 0 Å². The van der Waals surface area contributed by atoms with Crippen LogP contribution < -0.4 is 5.32 Å². The van der Waals surface area contributed by atoms with Crippen LogP contribution in [0.3, 0.4) is 0 Å². The molecule has 0 aliphatic rings. The maximum Gasteiger partial charge on any atom is 0.173 e. The monoisotopic (exact) mass is 234 g/mol. The standard InChI is InChI=1S/C11H14N4O2/c1-16-9(17-2)6-13-11-8-4-3-5-12-10(8)14-7-15-11/h3-5,7,9H,6H2,1-2H3,(H,12,13,14,15). The largest absolute Gasteiger partial charge is 0.364 e. The highest BCUT2D eigenvalue weighted by Gasteiger charge is 2.07. The molecule has 0 atom stereocenters. The summed E-state index contributed by atoms with van der Waals surface area (Å²) in [5.74, 6) is 0.724. The second-order valence-corrected chi connectivity index (χ2v) is 3.38. The summed E-state index contributed by atoms with van der Waals surface area (Å²) in [6.07, 6.45) is 2.87. The van der Waals surface area contributed by atoms with Crippen molar-refractivity contribution < 1.29 is 9.47 Å². The maximum atomic E-state index is 5.09. The van der Waals surface area contributed by atoms with Gasteiger partial charge in [-0.3, -0.25) is 0 Å². The molecule has 0 saturated carbocycles. The minimum Gasteiger partial charge on any atom is -0.364 e. The molecule has 2 heterocycles. The van der Waals surface area contributed by atoms with Crippen LogP contribution in [0.15, 0.2) is 24.7 Å². The van der Waals surface area contributed by atoms with Crippen LogP contribution in [-0.4, -0.2) is 42.0 Å². The topological polar surface area (TPSA) is 69.2 Å². The van der Waals surface area contributed by atoms with E-state index in [9.17, 15) is 0 Å². The van der Waals surface area contributed by atoms with Gasteiger partial charge in [0, 0.05) is 20.4 Å². The lowest BCUT2D eigenvalue weighted by atomic mass is 10.3. The Morgan fingerprint density at radius 3 is 2.82 bits per heavy atom. The highest BCUT2D eigenvalue weighted by atomic mass is 16.7. The Hall–Kier alpha value is -1.79. The summed E-state index contributed by atoms with van der Waals surface area (Å²) in [4.78, 5) is 12.4. The number of aromatic nitrogens is 3. The molecule has 0 unspecified atom stereocenters. The first-order chi connectivity index (χ1) is 8.35. The number of nitrogens with zero attached hydrogens (tertiary/aromatic N) is 3. The van der Waals surface area contributed by atoms with E-state index in [1.54, 1.807) is 20.4 Å². The minimum atomic E-state index is -0.309. The van der Waals surface area contributed by atoms with E-state index in [0.29, 0.717) is 12.2 Å². The van der Waals surface area contributed by atoms with Crippen molar-refractivity contribution in [3.05, 3.63) is 24.7 Å². The highest BCUT2D eigenvalue weighted by molar-refractivity contribution is 5.85. The molecule has 17 heavy (non-hydrogen) atoms. The molecule has 2 aromatic heterocycles. The zero-order chi connectivity index (χ0) is 12.1. The van der Waals surface area contributed by atoms with Crippen LogP contribution in [0.4, 0.5) is 5.82 Å². The molecule has 0 radical (unpaired) electrons. The van der Waals surface area contributed by atoms with Gasteiger partial charge in [-0.05, 0) is 12.1 Å². The van der Waals surface area contributed by atoms with Crippen LogP contribution in [-0.2, 0) is 9.47 Å². The molecule has 0 bridgehead atoms. The molecule has 0 aliphatic heterocycles. The molecule has 0 saturated heterocycles. The molecule has 6 nitrogen and oxygen atoms in total. The lowest BCUT2D eigenvalue weighted by Gasteiger charge is -2.14. The van der Waals surface area contributed by atoms with Gasteiger partial charge in [-0.2, -0.15) is 0 Å². The van der Waals surface area contributed by atoms with E-state index in [2.05, 4.69) is 20.3 Å². The first-order valence-electron chi connectivity index (χ1n) is 5.20. The molecule has 0 aliphatic carbocycles. The van der Waals surface area contributed by atoms with Gasteiger partial charge in [0.2, 0.25) is 0 Å². The average molecular weight is 234 g/mol. The van der Waals surface area contributed by atoms with Gasteiger partial charge in [-0.1, -0.05) is 0 Å². The molecule has 6 heteroatoms. The van der Waals surface area contributed by atoms with Crippen molar-refractivity contribution in [1.82, 2.24) is 15.0 Å². The second-order valence-electron chi connectivity index (χ2n) is 3.38. The Morgan fingerprint density at radius 2 is 2.06 bits per heavy atom. The Bertz CT molecular complexity index is 482. The number of ether oxygens (including phenoxy) is 2. The quantitative estimate of drug-likeness (QED) is 0.780. The third-order valence-electron chi connectivity index (χ3n) is 2.37. The second kappa shape index (κ2) is 5.51. The van der Waals surface area contributed by atoms with E-state index in [-0.39, 0.29) is 6.29 Å². The fourth-order valence-electron chi connectivity index (χ4n) is 1.48.